The van der Waals surface area contributed by atoms with Gasteiger partial charge in [0.15, 0.2) is 0 Å². The molecule has 0 spiro atoms. The van der Waals surface area contributed by atoms with Crippen molar-refractivity contribution < 1.29 is 19.1 Å². The third kappa shape index (κ3) is 6.15. The molecule has 3 amide bonds. The highest BCUT2D eigenvalue weighted by Crippen LogP contribution is 2.17. The van der Waals surface area contributed by atoms with Crippen molar-refractivity contribution in [3.8, 4) is 5.75 Å². The lowest BCUT2D eigenvalue weighted by molar-refractivity contribution is 0.0325. The van der Waals surface area contributed by atoms with Gasteiger partial charge < -0.3 is 20.5 Å². The Balaban J connectivity index is 2.73. The first-order valence-electron chi connectivity index (χ1n) is 7.39. The van der Waals surface area contributed by atoms with Crippen molar-refractivity contribution in [3.63, 3.8) is 0 Å². The van der Waals surface area contributed by atoms with E-state index < -0.39 is 17.7 Å². The number of urea groups is 1. The fourth-order valence-corrected chi connectivity index (χ4v) is 1.84. The van der Waals surface area contributed by atoms with Gasteiger partial charge in [-0.15, -0.1) is 0 Å². The van der Waals surface area contributed by atoms with Crippen molar-refractivity contribution in [2.24, 2.45) is 5.73 Å². The Hall–Kier alpha value is -2.28. The van der Waals surface area contributed by atoms with E-state index in [1.165, 1.54) is 0 Å². The molecule has 0 saturated heterocycles. The topological polar surface area (TPSA) is 93.9 Å². The predicted molar refractivity (Wildman–Crippen MR) is 87.2 cm³/mol. The molecule has 0 radical (unpaired) electrons. The van der Waals surface area contributed by atoms with Crippen LogP contribution in [0.5, 0.6) is 5.75 Å². The fourth-order valence-electron chi connectivity index (χ4n) is 1.84. The Kier molecular flexibility index (Phi) is 6.84. The molecule has 3 N–H and O–H groups in total. The van der Waals surface area contributed by atoms with Crippen LogP contribution in [0, 0.1) is 0 Å². The average Bonchev–Trinajstić information content (AvgIpc) is 2.48. The van der Waals surface area contributed by atoms with E-state index >= 15 is 0 Å². The van der Waals surface area contributed by atoms with E-state index in [0.717, 1.165) is 10.5 Å². The minimum atomic E-state index is -0.722. The summed E-state index contributed by atoms with van der Waals surface area (Å²) in [4.78, 5) is 25.3. The molecule has 0 aliphatic heterocycles. The molecule has 7 heteroatoms. The SMILES string of the molecule is COc1ccccc1CNC(=O)N(CCN)C(=O)OC(C)(C)C. The molecule has 0 fully saturated rings. The molecule has 0 aliphatic rings. The first-order chi connectivity index (χ1) is 10.8. The van der Waals surface area contributed by atoms with Crippen LogP contribution in [0.2, 0.25) is 0 Å². The van der Waals surface area contributed by atoms with Gasteiger partial charge in [0, 0.05) is 25.2 Å². The maximum atomic E-state index is 12.3. The lowest BCUT2D eigenvalue weighted by Gasteiger charge is -2.26. The summed E-state index contributed by atoms with van der Waals surface area (Å²) >= 11 is 0. The highest BCUT2D eigenvalue weighted by Gasteiger charge is 2.26. The van der Waals surface area contributed by atoms with Gasteiger partial charge in [-0.2, -0.15) is 0 Å². The fraction of sp³-hybridized carbons (Fsp3) is 0.500. The van der Waals surface area contributed by atoms with Crippen LogP contribution in [-0.4, -0.2) is 42.8 Å². The number of nitrogens with zero attached hydrogens (tertiary/aromatic N) is 1. The summed E-state index contributed by atoms with van der Waals surface area (Å²) in [5, 5.41) is 2.68. The molecule has 1 aromatic rings. The molecule has 1 rings (SSSR count). The number of benzene rings is 1. The highest BCUT2D eigenvalue weighted by molar-refractivity contribution is 5.91. The van der Waals surface area contributed by atoms with E-state index in [9.17, 15) is 9.59 Å². The van der Waals surface area contributed by atoms with Crippen LogP contribution in [0.3, 0.4) is 0 Å². The van der Waals surface area contributed by atoms with Gasteiger partial charge in [-0.05, 0) is 26.8 Å². The number of hydrogen-bond donors (Lipinski definition) is 2. The van der Waals surface area contributed by atoms with Gasteiger partial charge in [0.1, 0.15) is 11.4 Å². The Morgan fingerprint density at radius 2 is 1.91 bits per heavy atom. The largest absolute Gasteiger partial charge is 0.496 e. The lowest BCUT2D eigenvalue weighted by atomic mass is 10.2. The number of hydrogen-bond acceptors (Lipinski definition) is 5. The number of rotatable bonds is 5. The molecular formula is C16H25N3O4. The van der Waals surface area contributed by atoms with Crippen LogP contribution < -0.4 is 15.8 Å². The molecule has 0 saturated carbocycles. The van der Waals surface area contributed by atoms with Gasteiger partial charge in [-0.3, -0.25) is 0 Å². The summed E-state index contributed by atoms with van der Waals surface area (Å²) < 4.78 is 10.4. The summed E-state index contributed by atoms with van der Waals surface area (Å²) in [6.07, 6.45) is -0.722. The van der Waals surface area contributed by atoms with Crippen molar-refractivity contribution in [1.29, 1.82) is 0 Å². The molecule has 0 aromatic heterocycles. The number of amides is 3. The van der Waals surface area contributed by atoms with E-state index in [4.69, 9.17) is 15.2 Å². The number of para-hydroxylation sites is 1. The zero-order valence-electron chi connectivity index (χ0n) is 14.1. The number of carbonyl (C=O) groups excluding carboxylic acids is 2. The molecule has 1 aromatic carbocycles. The monoisotopic (exact) mass is 323 g/mol. The quantitative estimate of drug-likeness (QED) is 0.865. The van der Waals surface area contributed by atoms with Crippen LogP contribution in [0.4, 0.5) is 9.59 Å². The molecule has 0 bridgehead atoms. The zero-order valence-corrected chi connectivity index (χ0v) is 14.1. The first-order valence-corrected chi connectivity index (χ1v) is 7.39. The molecular weight excluding hydrogens is 298 g/mol. The van der Waals surface area contributed by atoms with Crippen molar-refractivity contribution in [1.82, 2.24) is 10.2 Å². The van der Waals surface area contributed by atoms with Gasteiger partial charge in [0.05, 0.1) is 7.11 Å². The molecule has 0 unspecified atom stereocenters. The van der Waals surface area contributed by atoms with Gasteiger partial charge >= 0.3 is 12.1 Å². The smallest absolute Gasteiger partial charge is 0.418 e. The molecule has 128 valence electrons. The first kappa shape index (κ1) is 18.8. The van der Waals surface area contributed by atoms with Crippen LogP contribution in [-0.2, 0) is 11.3 Å². The van der Waals surface area contributed by atoms with Crippen LogP contribution in [0.25, 0.3) is 0 Å². The lowest BCUT2D eigenvalue weighted by Crippen LogP contribution is -2.47. The Morgan fingerprint density at radius 3 is 2.48 bits per heavy atom. The van der Waals surface area contributed by atoms with Gasteiger partial charge in [-0.25, -0.2) is 14.5 Å². The maximum Gasteiger partial charge on any atom is 0.418 e. The zero-order chi connectivity index (χ0) is 17.5. The van der Waals surface area contributed by atoms with E-state index in [2.05, 4.69) is 5.32 Å². The molecule has 7 nitrogen and oxygen atoms in total. The minimum Gasteiger partial charge on any atom is -0.496 e. The number of ether oxygens (including phenoxy) is 2. The Labute approximate surface area is 136 Å². The van der Waals surface area contributed by atoms with Crippen molar-refractivity contribution in [3.05, 3.63) is 29.8 Å². The number of carbonyl (C=O) groups is 2. The maximum absolute atomic E-state index is 12.3. The molecule has 0 atom stereocenters. The molecule has 0 heterocycles. The summed E-state index contributed by atoms with van der Waals surface area (Å²) in [5.74, 6) is 0.662. The van der Waals surface area contributed by atoms with Crippen LogP contribution in [0.1, 0.15) is 26.3 Å². The van der Waals surface area contributed by atoms with E-state index in [-0.39, 0.29) is 19.6 Å². The molecule has 0 aliphatic carbocycles. The number of methoxy groups -OCH3 is 1. The summed E-state index contributed by atoms with van der Waals surface area (Å²) in [6.45, 7) is 5.66. The standard InChI is InChI=1S/C16H25N3O4/c1-16(2,3)23-15(21)19(10-9-17)14(20)18-11-12-7-5-6-8-13(12)22-4/h5-8H,9-11,17H2,1-4H3,(H,18,20). The van der Waals surface area contributed by atoms with Gasteiger partial charge in [-0.1, -0.05) is 18.2 Å². The third-order valence-corrected chi connectivity index (χ3v) is 2.83. The molecule has 23 heavy (non-hydrogen) atoms. The second-order valence-corrected chi connectivity index (χ2v) is 5.89. The van der Waals surface area contributed by atoms with Crippen molar-refractivity contribution in [2.45, 2.75) is 32.9 Å². The normalized spacial score (nSPS) is 10.8. The summed E-state index contributed by atoms with van der Waals surface area (Å²) in [7, 11) is 1.56. The predicted octanol–water partition coefficient (Wildman–Crippen LogP) is 2.10. The number of imide groups is 1. The summed E-state index contributed by atoms with van der Waals surface area (Å²) in [5.41, 5.74) is 5.59. The van der Waals surface area contributed by atoms with Crippen molar-refractivity contribution in [2.75, 3.05) is 20.2 Å². The second kappa shape index (κ2) is 8.38. The number of nitrogens with one attached hydrogen (secondary N) is 1. The summed E-state index contributed by atoms with van der Waals surface area (Å²) in [6, 6.07) is 6.75. The van der Waals surface area contributed by atoms with E-state index in [1.807, 2.05) is 18.2 Å². The average molecular weight is 323 g/mol. The third-order valence-electron chi connectivity index (χ3n) is 2.83. The van der Waals surface area contributed by atoms with Crippen LogP contribution >= 0.6 is 0 Å². The van der Waals surface area contributed by atoms with Gasteiger partial charge in [0.25, 0.3) is 0 Å². The van der Waals surface area contributed by atoms with E-state index in [1.54, 1.807) is 33.9 Å². The van der Waals surface area contributed by atoms with Gasteiger partial charge in [0.2, 0.25) is 0 Å². The highest BCUT2D eigenvalue weighted by atomic mass is 16.6. The Morgan fingerprint density at radius 1 is 1.26 bits per heavy atom. The minimum absolute atomic E-state index is 0.0761. The van der Waals surface area contributed by atoms with Crippen molar-refractivity contribution >= 4 is 12.1 Å². The van der Waals surface area contributed by atoms with E-state index in [0.29, 0.717) is 5.75 Å². The number of nitrogens with two attached hydrogens (primary N) is 1. The van der Waals surface area contributed by atoms with Crippen LogP contribution in [0.15, 0.2) is 24.3 Å². The Bertz CT molecular complexity index is 540. The second-order valence-electron chi connectivity index (χ2n) is 5.89.